The van der Waals surface area contributed by atoms with Gasteiger partial charge < -0.3 is 16.0 Å². The minimum absolute atomic E-state index is 0.104. The van der Waals surface area contributed by atoms with Crippen molar-refractivity contribution in [2.75, 3.05) is 23.3 Å². The van der Waals surface area contributed by atoms with E-state index < -0.39 is 16.7 Å². The Kier molecular flexibility index (Phi) is 5.35. The molecule has 2 aromatic carbocycles. The second-order valence-corrected chi connectivity index (χ2v) is 6.37. The second-order valence-electron chi connectivity index (χ2n) is 6.37. The van der Waals surface area contributed by atoms with Gasteiger partial charge in [0.1, 0.15) is 5.69 Å². The van der Waals surface area contributed by atoms with Gasteiger partial charge in [0, 0.05) is 24.7 Å². The average Bonchev–Trinajstić information content (AvgIpc) is 2.68. The lowest BCUT2D eigenvalue weighted by Gasteiger charge is -2.28. The maximum atomic E-state index is 12.6. The number of nitrogens with zero attached hydrogens (tertiary/aromatic N) is 2. The van der Waals surface area contributed by atoms with Crippen LogP contribution in [0.15, 0.2) is 42.5 Å². The molecule has 1 heterocycles. The topological polar surface area (TPSA) is 119 Å². The van der Waals surface area contributed by atoms with Crippen LogP contribution >= 0.6 is 0 Å². The standard InChI is InChI=1S/C19H20N4O4/c20-18(24)14-6-2-3-7-15(14)21-19(25)13-8-9-16(17(12-13)23(26)27)22-10-4-1-5-11-22/h2-3,6-9,12H,1,4-5,10-11H2,(H2,20,24)(H,21,25). The summed E-state index contributed by atoms with van der Waals surface area (Å²) in [5, 5.41) is 14.1. The number of carbonyl (C=O) groups excluding carboxylic acids is 2. The van der Waals surface area contributed by atoms with Gasteiger partial charge in [-0.2, -0.15) is 0 Å². The Morgan fingerprint density at radius 2 is 1.78 bits per heavy atom. The Morgan fingerprint density at radius 1 is 1.07 bits per heavy atom. The Bertz CT molecular complexity index is 891. The third-order valence-corrected chi connectivity index (χ3v) is 4.57. The lowest BCUT2D eigenvalue weighted by Crippen LogP contribution is -2.30. The lowest BCUT2D eigenvalue weighted by molar-refractivity contribution is -0.384. The zero-order chi connectivity index (χ0) is 19.4. The van der Waals surface area contributed by atoms with Crippen LogP contribution in [-0.2, 0) is 0 Å². The number of nitrogens with two attached hydrogens (primary N) is 1. The van der Waals surface area contributed by atoms with Crippen molar-refractivity contribution in [2.24, 2.45) is 5.73 Å². The van der Waals surface area contributed by atoms with Gasteiger partial charge in [-0.3, -0.25) is 19.7 Å². The quantitative estimate of drug-likeness (QED) is 0.621. The Morgan fingerprint density at radius 3 is 2.44 bits per heavy atom. The number of amides is 2. The van der Waals surface area contributed by atoms with Crippen LogP contribution in [0.5, 0.6) is 0 Å². The van der Waals surface area contributed by atoms with Crippen molar-refractivity contribution >= 4 is 28.9 Å². The maximum Gasteiger partial charge on any atom is 0.293 e. The molecule has 140 valence electrons. The number of piperidine rings is 1. The largest absolute Gasteiger partial charge is 0.366 e. The van der Waals surface area contributed by atoms with Crippen LogP contribution in [0.4, 0.5) is 17.1 Å². The molecule has 1 saturated heterocycles. The summed E-state index contributed by atoms with van der Waals surface area (Å²) >= 11 is 0. The van der Waals surface area contributed by atoms with E-state index in [4.69, 9.17) is 5.73 Å². The minimum Gasteiger partial charge on any atom is -0.366 e. The highest BCUT2D eigenvalue weighted by molar-refractivity contribution is 6.09. The van der Waals surface area contributed by atoms with Crippen LogP contribution in [0.2, 0.25) is 0 Å². The molecule has 0 spiro atoms. The van der Waals surface area contributed by atoms with E-state index in [1.54, 1.807) is 30.3 Å². The normalized spacial score (nSPS) is 13.9. The zero-order valence-corrected chi connectivity index (χ0v) is 14.7. The molecule has 1 aliphatic rings. The first-order valence-corrected chi connectivity index (χ1v) is 8.71. The molecule has 0 aliphatic carbocycles. The van der Waals surface area contributed by atoms with Crippen molar-refractivity contribution in [3.63, 3.8) is 0 Å². The van der Waals surface area contributed by atoms with Gasteiger partial charge in [-0.1, -0.05) is 12.1 Å². The fraction of sp³-hybridized carbons (Fsp3) is 0.263. The first-order valence-electron chi connectivity index (χ1n) is 8.71. The molecule has 27 heavy (non-hydrogen) atoms. The number of rotatable bonds is 5. The van der Waals surface area contributed by atoms with Crippen LogP contribution in [-0.4, -0.2) is 29.8 Å². The number of anilines is 2. The fourth-order valence-corrected chi connectivity index (χ4v) is 3.21. The second kappa shape index (κ2) is 7.86. The first kappa shape index (κ1) is 18.4. The molecule has 0 unspecified atom stereocenters. The van der Waals surface area contributed by atoms with Crippen LogP contribution in [0.25, 0.3) is 0 Å². The van der Waals surface area contributed by atoms with E-state index in [2.05, 4.69) is 5.32 Å². The molecule has 0 atom stereocenters. The van der Waals surface area contributed by atoms with E-state index in [0.29, 0.717) is 5.69 Å². The molecular weight excluding hydrogens is 348 g/mol. The van der Waals surface area contributed by atoms with Gasteiger partial charge in [0.25, 0.3) is 17.5 Å². The molecule has 0 saturated carbocycles. The zero-order valence-electron chi connectivity index (χ0n) is 14.7. The number of carbonyl (C=O) groups is 2. The van der Waals surface area contributed by atoms with Gasteiger partial charge in [0.15, 0.2) is 0 Å². The number of nitro groups is 1. The SMILES string of the molecule is NC(=O)c1ccccc1NC(=O)c1ccc(N2CCCCC2)c([N+](=O)[O-])c1. The highest BCUT2D eigenvalue weighted by Gasteiger charge is 2.23. The number of nitro benzene ring substituents is 1. The first-order chi connectivity index (χ1) is 13.0. The number of nitrogens with one attached hydrogen (secondary N) is 1. The summed E-state index contributed by atoms with van der Waals surface area (Å²) in [6, 6.07) is 10.8. The number of primary amides is 1. The Balaban J connectivity index is 1.88. The van der Waals surface area contributed by atoms with Gasteiger partial charge in [-0.25, -0.2) is 0 Å². The molecule has 1 aliphatic heterocycles. The van der Waals surface area contributed by atoms with Gasteiger partial charge in [0.05, 0.1) is 16.2 Å². The third kappa shape index (κ3) is 4.05. The summed E-state index contributed by atoms with van der Waals surface area (Å²) in [7, 11) is 0. The summed E-state index contributed by atoms with van der Waals surface area (Å²) in [4.78, 5) is 37.1. The van der Waals surface area contributed by atoms with E-state index in [1.807, 2.05) is 4.90 Å². The lowest BCUT2D eigenvalue weighted by atomic mass is 10.1. The summed E-state index contributed by atoms with van der Waals surface area (Å²) in [5.41, 5.74) is 6.30. The van der Waals surface area contributed by atoms with Crippen molar-refractivity contribution in [3.8, 4) is 0 Å². The van der Waals surface area contributed by atoms with Gasteiger partial charge in [0.2, 0.25) is 0 Å². The molecule has 3 rings (SSSR count). The van der Waals surface area contributed by atoms with Crippen molar-refractivity contribution in [3.05, 3.63) is 63.7 Å². The van der Waals surface area contributed by atoms with E-state index in [0.717, 1.165) is 32.4 Å². The van der Waals surface area contributed by atoms with Gasteiger partial charge in [-0.05, 0) is 43.5 Å². The van der Waals surface area contributed by atoms with Crippen LogP contribution in [0.3, 0.4) is 0 Å². The summed E-state index contributed by atoms with van der Waals surface area (Å²) in [5.74, 6) is -1.21. The van der Waals surface area contributed by atoms with E-state index >= 15 is 0 Å². The number of hydrogen-bond acceptors (Lipinski definition) is 5. The molecule has 0 bridgehead atoms. The monoisotopic (exact) mass is 368 g/mol. The maximum absolute atomic E-state index is 12.6. The number of para-hydroxylation sites is 1. The highest BCUT2D eigenvalue weighted by Crippen LogP contribution is 2.31. The Hall–Kier alpha value is -3.42. The summed E-state index contributed by atoms with van der Waals surface area (Å²) in [6.07, 6.45) is 3.09. The molecule has 1 fully saturated rings. The fourth-order valence-electron chi connectivity index (χ4n) is 3.21. The number of hydrogen-bond donors (Lipinski definition) is 2. The predicted octanol–water partition coefficient (Wildman–Crippen LogP) is 2.94. The number of benzene rings is 2. The minimum atomic E-state index is -0.669. The molecular formula is C19H20N4O4. The highest BCUT2D eigenvalue weighted by atomic mass is 16.6. The van der Waals surface area contributed by atoms with Crippen molar-refractivity contribution in [1.29, 1.82) is 0 Å². The van der Waals surface area contributed by atoms with E-state index in [9.17, 15) is 19.7 Å². The smallest absolute Gasteiger partial charge is 0.293 e. The van der Waals surface area contributed by atoms with Crippen molar-refractivity contribution in [2.45, 2.75) is 19.3 Å². The van der Waals surface area contributed by atoms with Crippen LogP contribution in [0, 0.1) is 10.1 Å². The van der Waals surface area contributed by atoms with E-state index in [1.165, 1.54) is 12.1 Å². The van der Waals surface area contributed by atoms with Gasteiger partial charge in [-0.15, -0.1) is 0 Å². The molecule has 8 heteroatoms. The Labute approximate surface area is 156 Å². The molecule has 2 amide bonds. The molecule has 8 nitrogen and oxygen atoms in total. The summed E-state index contributed by atoms with van der Waals surface area (Å²) < 4.78 is 0. The molecule has 2 aromatic rings. The van der Waals surface area contributed by atoms with E-state index in [-0.39, 0.29) is 22.5 Å². The van der Waals surface area contributed by atoms with Crippen molar-refractivity contribution in [1.82, 2.24) is 0 Å². The summed E-state index contributed by atoms with van der Waals surface area (Å²) in [6.45, 7) is 1.52. The van der Waals surface area contributed by atoms with Gasteiger partial charge >= 0.3 is 0 Å². The molecule has 0 aromatic heterocycles. The average molecular weight is 368 g/mol. The predicted molar refractivity (Wildman–Crippen MR) is 102 cm³/mol. The van der Waals surface area contributed by atoms with Crippen LogP contribution in [0.1, 0.15) is 40.0 Å². The third-order valence-electron chi connectivity index (χ3n) is 4.57. The molecule has 3 N–H and O–H groups in total. The molecule has 0 radical (unpaired) electrons. The van der Waals surface area contributed by atoms with Crippen LogP contribution < -0.4 is 16.0 Å². The van der Waals surface area contributed by atoms with Crippen molar-refractivity contribution < 1.29 is 14.5 Å².